The third kappa shape index (κ3) is 3.79. The van der Waals surface area contributed by atoms with Gasteiger partial charge in [-0.25, -0.2) is 0 Å². The van der Waals surface area contributed by atoms with E-state index in [1.807, 2.05) is 35.7 Å². The van der Waals surface area contributed by atoms with Crippen LogP contribution in [-0.4, -0.2) is 26.5 Å². The third-order valence-electron chi connectivity index (χ3n) is 2.50. The van der Waals surface area contributed by atoms with E-state index < -0.39 is 6.04 Å². The number of hydrogen-bond acceptors (Lipinski definition) is 4. The van der Waals surface area contributed by atoms with Crippen LogP contribution in [0.5, 0.6) is 0 Å². The quantitative estimate of drug-likeness (QED) is 0.889. The second-order valence-corrected chi connectivity index (χ2v) is 4.01. The van der Waals surface area contributed by atoms with Gasteiger partial charge in [0, 0.05) is 6.20 Å². The number of nitrogens with one attached hydrogen (secondary N) is 1. The summed E-state index contributed by atoms with van der Waals surface area (Å²) in [7, 11) is 0. The number of nitrogens with two attached hydrogens (primary N) is 1. The first-order valence-electron chi connectivity index (χ1n) is 5.45. The van der Waals surface area contributed by atoms with E-state index in [2.05, 4.69) is 15.5 Å². The van der Waals surface area contributed by atoms with Crippen LogP contribution in [0.15, 0.2) is 24.4 Å². The predicted octanol–water partition coefficient (Wildman–Crippen LogP) is 1.10. The topological polar surface area (TPSA) is 85.3 Å². The maximum atomic E-state index is 11.5. The molecule has 0 saturated heterocycles. The Hall–Kier alpha value is -1.37. The molecular formula is C11H17Cl2N5O. The third-order valence-corrected chi connectivity index (χ3v) is 2.50. The molecule has 8 heteroatoms. The number of fused-ring (bicyclic) bond motifs is 1. The minimum atomic E-state index is -0.531. The highest BCUT2D eigenvalue weighted by Gasteiger charge is 2.17. The fourth-order valence-corrected chi connectivity index (χ4v) is 1.56. The number of aromatic nitrogens is 3. The fourth-order valence-electron chi connectivity index (χ4n) is 1.56. The van der Waals surface area contributed by atoms with Gasteiger partial charge in [0.15, 0.2) is 11.5 Å². The molecule has 1 amide bonds. The molecule has 106 valence electrons. The zero-order chi connectivity index (χ0) is 12.4. The first-order chi connectivity index (χ1) is 8.09. The first kappa shape index (κ1) is 17.6. The molecule has 0 aliphatic heterocycles. The molecule has 6 nitrogen and oxygen atoms in total. The van der Waals surface area contributed by atoms with Gasteiger partial charge >= 0.3 is 0 Å². The van der Waals surface area contributed by atoms with Gasteiger partial charge in [-0.3, -0.25) is 9.20 Å². The molecule has 0 bridgehead atoms. The second kappa shape index (κ2) is 7.28. The van der Waals surface area contributed by atoms with Crippen LogP contribution in [0, 0.1) is 0 Å². The molecule has 0 aliphatic rings. The maximum absolute atomic E-state index is 11.5. The summed E-state index contributed by atoms with van der Waals surface area (Å²) >= 11 is 0. The highest BCUT2D eigenvalue weighted by molar-refractivity contribution is 5.85. The molecule has 2 atom stereocenters. The molecule has 2 aromatic rings. The Bertz CT molecular complexity index is 543. The van der Waals surface area contributed by atoms with Crippen LogP contribution in [0.2, 0.25) is 0 Å². The lowest BCUT2D eigenvalue weighted by atomic mass is 10.2. The zero-order valence-corrected chi connectivity index (χ0v) is 12.2. The molecule has 0 aromatic carbocycles. The Morgan fingerprint density at radius 1 is 1.32 bits per heavy atom. The van der Waals surface area contributed by atoms with Crippen LogP contribution in [-0.2, 0) is 4.79 Å². The molecule has 2 rings (SSSR count). The lowest BCUT2D eigenvalue weighted by Gasteiger charge is -2.13. The average Bonchev–Trinajstić information content (AvgIpc) is 2.72. The number of rotatable bonds is 3. The summed E-state index contributed by atoms with van der Waals surface area (Å²) in [5.41, 5.74) is 6.25. The highest BCUT2D eigenvalue weighted by Crippen LogP contribution is 2.11. The Balaban J connectivity index is 0.00000162. The van der Waals surface area contributed by atoms with Gasteiger partial charge in [0.05, 0.1) is 12.1 Å². The van der Waals surface area contributed by atoms with Crippen molar-refractivity contribution in [2.75, 3.05) is 0 Å². The van der Waals surface area contributed by atoms with Crippen molar-refractivity contribution in [1.29, 1.82) is 0 Å². The van der Waals surface area contributed by atoms with Crippen LogP contribution in [0.1, 0.15) is 25.7 Å². The van der Waals surface area contributed by atoms with Crippen molar-refractivity contribution in [2.24, 2.45) is 5.73 Å². The van der Waals surface area contributed by atoms with Crippen molar-refractivity contribution in [2.45, 2.75) is 25.9 Å². The molecule has 2 heterocycles. The number of hydrogen-bond donors (Lipinski definition) is 2. The van der Waals surface area contributed by atoms with Gasteiger partial charge < -0.3 is 11.1 Å². The monoisotopic (exact) mass is 305 g/mol. The summed E-state index contributed by atoms with van der Waals surface area (Å²) in [5.74, 6) is 0.486. The SMILES string of the molecule is CC(NC(=O)[C@@H](C)N)c1nnc2ccccn12.Cl.Cl. The molecule has 19 heavy (non-hydrogen) atoms. The summed E-state index contributed by atoms with van der Waals surface area (Å²) < 4.78 is 1.84. The van der Waals surface area contributed by atoms with Crippen LogP contribution >= 0.6 is 24.8 Å². The van der Waals surface area contributed by atoms with Gasteiger partial charge in [-0.05, 0) is 26.0 Å². The number of halogens is 2. The van der Waals surface area contributed by atoms with Crippen LogP contribution in [0.4, 0.5) is 0 Å². The van der Waals surface area contributed by atoms with Gasteiger partial charge in [0.1, 0.15) is 0 Å². The van der Waals surface area contributed by atoms with Crippen LogP contribution in [0.25, 0.3) is 5.65 Å². The Morgan fingerprint density at radius 3 is 2.63 bits per heavy atom. The number of pyridine rings is 1. The molecule has 0 radical (unpaired) electrons. The Morgan fingerprint density at radius 2 is 2.00 bits per heavy atom. The summed E-state index contributed by atoms with van der Waals surface area (Å²) in [5, 5.41) is 10.9. The molecular weight excluding hydrogens is 289 g/mol. The lowest BCUT2D eigenvalue weighted by molar-refractivity contribution is -0.122. The normalized spacial score (nSPS) is 13.0. The fraction of sp³-hybridized carbons (Fsp3) is 0.364. The largest absolute Gasteiger partial charge is 0.345 e. The standard InChI is InChI=1S/C11H15N5O.2ClH/c1-7(12)11(17)13-8(2)10-15-14-9-5-3-4-6-16(9)10;;/h3-8H,12H2,1-2H3,(H,13,17);2*1H/t7-,8?;;/m1../s1. The van der Waals surface area contributed by atoms with E-state index in [1.54, 1.807) is 6.92 Å². The molecule has 0 fully saturated rings. The van der Waals surface area contributed by atoms with E-state index in [9.17, 15) is 4.79 Å². The predicted molar refractivity (Wildman–Crippen MR) is 77.7 cm³/mol. The van der Waals surface area contributed by atoms with Crippen LogP contribution in [0.3, 0.4) is 0 Å². The molecule has 0 spiro atoms. The van der Waals surface area contributed by atoms with Crippen molar-refractivity contribution in [3.05, 3.63) is 30.2 Å². The Labute approximate surface area is 123 Å². The van der Waals surface area contributed by atoms with Gasteiger partial charge in [-0.2, -0.15) is 0 Å². The van der Waals surface area contributed by atoms with E-state index in [0.717, 1.165) is 5.65 Å². The number of carbonyl (C=O) groups is 1. The lowest BCUT2D eigenvalue weighted by Crippen LogP contribution is -2.39. The molecule has 1 unspecified atom stereocenters. The van der Waals surface area contributed by atoms with Gasteiger partial charge in [-0.15, -0.1) is 35.0 Å². The minimum Gasteiger partial charge on any atom is -0.345 e. The van der Waals surface area contributed by atoms with Crippen molar-refractivity contribution >= 4 is 36.4 Å². The average molecular weight is 306 g/mol. The van der Waals surface area contributed by atoms with Crippen LogP contribution < -0.4 is 11.1 Å². The maximum Gasteiger partial charge on any atom is 0.237 e. The second-order valence-electron chi connectivity index (χ2n) is 4.01. The molecule has 0 saturated carbocycles. The number of amides is 1. The number of carbonyl (C=O) groups excluding carboxylic acids is 1. The Kier molecular flexibility index (Phi) is 6.75. The first-order valence-corrected chi connectivity index (χ1v) is 5.45. The van der Waals surface area contributed by atoms with Crippen molar-refractivity contribution < 1.29 is 4.79 Å². The minimum absolute atomic E-state index is 0. The summed E-state index contributed by atoms with van der Waals surface area (Å²) in [4.78, 5) is 11.5. The van der Waals surface area contributed by atoms with E-state index >= 15 is 0 Å². The van der Waals surface area contributed by atoms with Crippen molar-refractivity contribution in [3.63, 3.8) is 0 Å². The van der Waals surface area contributed by atoms with Gasteiger partial charge in [-0.1, -0.05) is 6.07 Å². The van der Waals surface area contributed by atoms with Gasteiger partial charge in [0.2, 0.25) is 5.91 Å². The summed E-state index contributed by atoms with van der Waals surface area (Å²) in [6, 6.07) is 4.87. The molecule has 2 aromatic heterocycles. The molecule has 0 aliphatic carbocycles. The smallest absolute Gasteiger partial charge is 0.237 e. The van der Waals surface area contributed by atoms with E-state index in [1.165, 1.54) is 0 Å². The summed E-state index contributed by atoms with van der Waals surface area (Å²) in [6.07, 6.45) is 1.86. The zero-order valence-electron chi connectivity index (χ0n) is 10.6. The van der Waals surface area contributed by atoms with Crippen molar-refractivity contribution in [3.8, 4) is 0 Å². The van der Waals surface area contributed by atoms with E-state index in [4.69, 9.17) is 5.73 Å². The van der Waals surface area contributed by atoms with Crippen molar-refractivity contribution in [1.82, 2.24) is 19.9 Å². The molecule has 3 N–H and O–H groups in total. The van der Waals surface area contributed by atoms with E-state index in [0.29, 0.717) is 5.82 Å². The van der Waals surface area contributed by atoms with Gasteiger partial charge in [0.25, 0.3) is 0 Å². The highest BCUT2D eigenvalue weighted by atomic mass is 35.5. The number of nitrogens with zero attached hydrogens (tertiary/aromatic N) is 3. The summed E-state index contributed by atoms with van der Waals surface area (Å²) in [6.45, 7) is 3.49. The van der Waals surface area contributed by atoms with E-state index in [-0.39, 0.29) is 36.8 Å².